The number of rotatable bonds is 4. The molecule has 136 valence electrons. The van der Waals surface area contributed by atoms with Crippen LogP contribution in [0, 0.1) is 0 Å². The summed E-state index contributed by atoms with van der Waals surface area (Å²) < 4.78 is 10.4. The topological polar surface area (TPSA) is 76.2 Å². The van der Waals surface area contributed by atoms with Crippen molar-refractivity contribution in [2.75, 3.05) is 38.8 Å². The zero-order valence-electron chi connectivity index (χ0n) is 14.7. The summed E-state index contributed by atoms with van der Waals surface area (Å²) in [5.41, 5.74) is 1.10. The highest BCUT2D eigenvalue weighted by Gasteiger charge is 2.48. The van der Waals surface area contributed by atoms with E-state index in [1.807, 2.05) is 0 Å². The summed E-state index contributed by atoms with van der Waals surface area (Å²) in [5, 5.41) is 0. The van der Waals surface area contributed by atoms with Crippen molar-refractivity contribution < 1.29 is 23.9 Å². The second-order valence-corrected chi connectivity index (χ2v) is 6.32. The van der Waals surface area contributed by atoms with Gasteiger partial charge in [-0.1, -0.05) is 6.58 Å². The van der Waals surface area contributed by atoms with Gasteiger partial charge in [-0.05, 0) is 36.4 Å². The van der Waals surface area contributed by atoms with Crippen molar-refractivity contribution in [1.82, 2.24) is 4.90 Å². The van der Waals surface area contributed by atoms with Crippen LogP contribution in [0.25, 0.3) is 0 Å². The molecule has 0 bridgehead atoms. The van der Waals surface area contributed by atoms with Crippen LogP contribution in [0.2, 0.25) is 0 Å². The van der Waals surface area contributed by atoms with Gasteiger partial charge in [-0.15, -0.1) is 0 Å². The second-order valence-electron chi connectivity index (χ2n) is 6.32. The summed E-state index contributed by atoms with van der Waals surface area (Å²) in [6, 6.07) is 6.79. The monoisotopic (exact) mass is 356 g/mol. The minimum absolute atomic E-state index is 0.122. The highest BCUT2D eigenvalue weighted by molar-refractivity contribution is 6.01. The fourth-order valence-corrected chi connectivity index (χ4v) is 3.07. The molecule has 2 amide bonds. The summed E-state index contributed by atoms with van der Waals surface area (Å²) in [4.78, 5) is 38.8. The lowest BCUT2D eigenvalue weighted by atomic mass is 9.92. The third-order valence-electron chi connectivity index (χ3n) is 4.61. The number of methoxy groups -OCH3 is 1. The van der Waals surface area contributed by atoms with E-state index in [-0.39, 0.29) is 18.4 Å². The van der Waals surface area contributed by atoms with Gasteiger partial charge in [0.2, 0.25) is 5.91 Å². The second kappa shape index (κ2) is 6.76. The van der Waals surface area contributed by atoms with E-state index in [1.165, 1.54) is 18.1 Å². The largest absolute Gasteiger partial charge is 0.466 e. The number of likely N-dealkylation sites (N-methyl/N-ethyl adjacent to an activating group) is 1. The number of carbonyl (C=O) groups is 3. The van der Waals surface area contributed by atoms with Crippen LogP contribution in [0.3, 0.4) is 0 Å². The summed E-state index contributed by atoms with van der Waals surface area (Å²) in [5.74, 6) is -0.746. The number of amides is 2. The quantitative estimate of drug-likeness (QED) is 0.598. The standard InChI is InChI=1S/C19H20N2O5/c1-4-16(22)20(2)15-7-5-13(6-8-15)17(23)21-11-19(12-21)9-14(10-26-19)18(24)25-3/h4-9H,1,10-12H2,2-3H3. The molecule has 0 aliphatic carbocycles. The van der Waals surface area contributed by atoms with Crippen LogP contribution < -0.4 is 4.90 Å². The van der Waals surface area contributed by atoms with Gasteiger partial charge in [-0.2, -0.15) is 0 Å². The van der Waals surface area contributed by atoms with Gasteiger partial charge in [0.05, 0.1) is 32.4 Å². The Hall–Kier alpha value is -2.93. The number of likely N-dealkylation sites (tertiary alicyclic amines) is 1. The fraction of sp³-hybridized carbons (Fsp3) is 0.316. The Morgan fingerprint density at radius 3 is 2.50 bits per heavy atom. The summed E-state index contributed by atoms with van der Waals surface area (Å²) in [6.07, 6.45) is 2.98. The van der Waals surface area contributed by atoms with Crippen molar-refractivity contribution in [3.63, 3.8) is 0 Å². The predicted octanol–water partition coefficient (Wildman–Crippen LogP) is 1.16. The first-order valence-electron chi connectivity index (χ1n) is 8.12. The molecular formula is C19H20N2O5. The SMILES string of the molecule is C=CC(=O)N(C)c1ccc(C(=O)N2CC3(C=C(C(=O)OC)CO3)C2)cc1. The highest BCUT2D eigenvalue weighted by atomic mass is 16.5. The molecule has 2 heterocycles. The molecular weight excluding hydrogens is 336 g/mol. The zero-order valence-corrected chi connectivity index (χ0v) is 14.7. The number of anilines is 1. The van der Waals surface area contributed by atoms with E-state index in [4.69, 9.17) is 9.47 Å². The third-order valence-corrected chi connectivity index (χ3v) is 4.61. The van der Waals surface area contributed by atoms with E-state index in [0.29, 0.717) is 29.9 Å². The number of benzene rings is 1. The van der Waals surface area contributed by atoms with Crippen LogP contribution in [0.4, 0.5) is 5.69 Å². The molecule has 2 aliphatic heterocycles. The molecule has 0 unspecified atom stereocenters. The molecule has 1 aromatic rings. The Labute approximate surface area is 151 Å². The smallest absolute Gasteiger partial charge is 0.335 e. The molecule has 0 atom stereocenters. The first kappa shape index (κ1) is 17.9. The number of hydrogen-bond acceptors (Lipinski definition) is 5. The summed E-state index contributed by atoms with van der Waals surface area (Å²) in [6.45, 7) is 4.44. The van der Waals surface area contributed by atoms with E-state index in [2.05, 4.69) is 6.58 Å². The summed E-state index contributed by atoms with van der Waals surface area (Å²) in [7, 11) is 2.97. The lowest BCUT2D eigenvalue weighted by Crippen LogP contribution is -2.62. The first-order chi connectivity index (χ1) is 12.4. The number of hydrogen-bond donors (Lipinski definition) is 0. The van der Waals surface area contributed by atoms with Gasteiger partial charge < -0.3 is 19.3 Å². The van der Waals surface area contributed by atoms with E-state index >= 15 is 0 Å². The third kappa shape index (κ3) is 3.13. The van der Waals surface area contributed by atoms with E-state index in [0.717, 1.165) is 0 Å². The van der Waals surface area contributed by atoms with Crippen LogP contribution in [-0.4, -0.2) is 62.1 Å². The van der Waals surface area contributed by atoms with Crippen LogP contribution in [0.5, 0.6) is 0 Å². The van der Waals surface area contributed by atoms with Crippen LogP contribution in [0.1, 0.15) is 10.4 Å². The van der Waals surface area contributed by atoms with E-state index in [9.17, 15) is 14.4 Å². The number of esters is 1. The van der Waals surface area contributed by atoms with Gasteiger partial charge in [0.15, 0.2) is 0 Å². The van der Waals surface area contributed by atoms with Crippen molar-refractivity contribution in [2.24, 2.45) is 0 Å². The fourth-order valence-electron chi connectivity index (χ4n) is 3.07. The Kier molecular flexibility index (Phi) is 4.65. The van der Waals surface area contributed by atoms with Gasteiger partial charge in [0.25, 0.3) is 5.91 Å². The minimum atomic E-state index is -0.588. The predicted molar refractivity (Wildman–Crippen MR) is 94.7 cm³/mol. The minimum Gasteiger partial charge on any atom is -0.466 e. The van der Waals surface area contributed by atoms with Crippen molar-refractivity contribution in [1.29, 1.82) is 0 Å². The number of nitrogens with zero attached hydrogens (tertiary/aromatic N) is 2. The highest BCUT2D eigenvalue weighted by Crippen LogP contribution is 2.34. The molecule has 7 heteroatoms. The lowest BCUT2D eigenvalue weighted by molar-refractivity contribution is -0.136. The molecule has 26 heavy (non-hydrogen) atoms. The molecule has 1 fully saturated rings. The van der Waals surface area contributed by atoms with Crippen LogP contribution in [-0.2, 0) is 19.1 Å². The van der Waals surface area contributed by atoms with Gasteiger partial charge in [-0.3, -0.25) is 9.59 Å². The van der Waals surface area contributed by atoms with Crippen LogP contribution in [0.15, 0.2) is 48.6 Å². The lowest BCUT2D eigenvalue weighted by Gasteiger charge is -2.46. The molecule has 0 N–H and O–H groups in total. The molecule has 2 aliphatic rings. The first-order valence-corrected chi connectivity index (χ1v) is 8.12. The van der Waals surface area contributed by atoms with Crippen molar-refractivity contribution in [3.8, 4) is 0 Å². The number of carbonyl (C=O) groups excluding carboxylic acids is 3. The molecule has 0 aromatic heterocycles. The Bertz CT molecular complexity index is 791. The molecule has 1 spiro atoms. The van der Waals surface area contributed by atoms with Gasteiger partial charge in [0.1, 0.15) is 5.60 Å². The van der Waals surface area contributed by atoms with Gasteiger partial charge in [0, 0.05) is 18.3 Å². The number of ether oxygens (including phenoxy) is 2. The normalized spacial score (nSPS) is 17.3. The average Bonchev–Trinajstić information content (AvgIpc) is 3.10. The molecule has 3 rings (SSSR count). The van der Waals surface area contributed by atoms with E-state index < -0.39 is 11.6 Å². The van der Waals surface area contributed by atoms with Gasteiger partial charge in [-0.25, -0.2) is 4.79 Å². The molecule has 0 radical (unpaired) electrons. The zero-order chi connectivity index (χ0) is 18.9. The van der Waals surface area contributed by atoms with E-state index in [1.54, 1.807) is 42.3 Å². The molecule has 7 nitrogen and oxygen atoms in total. The van der Waals surface area contributed by atoms with Gasteiger partial charge >= 0.3 is 5.97 Å². The van der Waals surface area contributed by atoms with Crippen molar-refractivity contribution in [2.45, 2.75) is 5.60 Å². The molecule has 1 aromatic carbocycles. The van der Waals surface area contributed by atoms with Crippen LogP contribution >= 0.6 is 0 Å². The Morgan fingerprint density at radius 2 is 1.92 bits per heavy atom. The maximum absolute atomic E-state index is 12.6. The Morgan fingerprint density at radius 1 is 1.27 bits per heavy atom. The maximum atomic E-state index is 12.6. The maximum Gasteiger partial charge on any atom is 0.335 e. The molecule has 0 saturated carbocycles. The summed E-state index contributed by atoms with van der Waals surface area (Å²) >= 11 is 0. The van der Waals surface area contributed by atoms with Crippen molar-refractivity contribution in [3.05, 3.63) is 54.1 Å². The average molecular weight is 356 g/mol. The van der Waals surface area contributed by atoms with Crippen molar-refractivity contribution >= 4 is 23.5 Å². The Balaban J connectivity index is 1.63. The molecule has 1 saturated heterocycles.